The fourth-order valence-electron chi connectivity index (χ4n) is 4.74. The van der Waals surface area contributed by atoms with Crippen LogP contribution < -0.4 is 4.57 Å². The summed E-state index contributed by atoms with van der Waals surface area (Å²) in [6.07, 6.45) is 1.50. The molecule has 0 atom stereocenters. The molecule has 1 aliphatic carbocycles. The van der Waals surface area contributed by atoms with E-state index >= 15 is 8.78 Å². The monoisotopic (exact) mass is 452 g/mol. The van der Waals surface area contributed by atoms with E-state index in [1.807, 2.05) is 32.9 Å². The second kappa shape index (κ2) is 6.49. The summed E-state index contributed by atoms with van der Waals surface area (Å²) in [4.78, 5) is 0. The van der Waals surface area contributed by atoms with Crippen molar-refractivity contribution in [3.05, 3.63) is 64.3 Å². The molecule has 0 saturated carbocycles. The molecule has 32 heavy (non-hydrogen) atoms. The average Bonchev–Trinajstić information content (AvgIpc) is 2.68. The predicted octanol–water partition coefficient (Wildman–Crippen LogP) is 7.12. The van der Waals surface area contributed by atoms with Crippen molar-refractivity contribution in [2.45, 2.75) is 52.4 Å². The molecule has 0 fully saturated rings. The quantitative estimate of drug-likeness (QED) is 0.274. The molecule has 0 amide bonds. The molecule has 0 N–H and O–H groups in total. The third-order valence-corrected chi connectivity index (χ3v) is 7.00. The highest BCUT2D eigenvalue weighted by Crippen LogP contribution is 2.67. The summed E-state index contributed by atoms with van der Waals surface area (Å²) >= 11 is 0. The first kappa shape index (κ1) is 22.6. The van der Waals surface area contributed by atoms with Gasteiger partial charge in [-0.05, 0) is 57.9 Å². The fourth-order valence-corrected chi connectivity index (χ4v) is 4.74. The fraction of sp³-hybridized carbons (Fsp3) is 0.400. The Labute approximate surface area is 182 Å². The lowest BCUT2D eigenvalue weighted by Crippen LogP contribution is -2.60. The number of nitrogens with zero attached hydrogens (tertiary/aromatic N) is 1. The van der Waals surface area contributed by atoms with Crippen LogP contribution in [0.5, 0.6) is 0 Å². The second-order valence-electron chi connectivity index (χ2n) is 9.33. The van der Waals surface area contributed by atoms with Crippen LogP contribution in [0.1, 0.15) is 41.7 Å². The molecule has 0 spiro atoms. The van der Waals surface area contributed by atoms with E-state index in [2.05, 4.69) is 0 Å². The third kappa shape index (κ3) is 2.57. The number of aromatic nitrogens is 1. The minimum absolute atomic E-state index is 0.151. The Morgan fingerprint density at radius 2 is 1.41 bits per heavy atom. The highest BCUT2D eigenvalue weighted by Gasteiger charge is 2.78. The van der Waals surface area contributed by atoms with Gasteiger partial charge in [-0.2, -0.15) is 17.6 Å². The summed E-state index contributed by atoms with van der Waals surface area (Å²) < 4.78 is 92.0. The number of alkyl halides is 6. The lowest BCUT2D eigenvalue weighted by Gasteiger charge is -2.48. The summed E-state index contributed by atoms with van der Waals surface area (Å²) in [5.41, 5.74) is -1.45. The Morgan fingerprint density at radius 3 is 2.03 bits per heavy atom. The number of rotatable bonds is 1. The van der Waals surface area contributed by atoms with Crippen molar-refractivity contribution in [2.24, 2.45) is 12.5 Å². The van der Waals surface area contributed by atoms with Gasteiger partial charge in [-0.1, -0.05) is 17.7 Å². The Balaban J connectivity index is 2.19. The largest absolute Gasteiger partial charge is 0.336 e. The van der Waals surface area contributed by atoms with E-state index in [0.29, 0.717) is 24.9 Å². The molecule has 1 aliphatic rings. The van der Waals surface area contributed by atoms with Crippen molar-refractivity contribution >= 4 is 10.8 Å². The molecule has 1 aromatic heterocycles. The van der Waals surface area contributed by atoms with Crippen molar-refractivity contribution < 1.29 is 30.9 Å². The van der Waals surface area contributed by atoms with Gasteiger partial charge in [-0.25, -0.2) is 13.3 Å². The highest BCUT2D eigenvalue weighted by molar-refractivity contribution is 5.97. The molecular weight excluding hydrogens is 428 g/mol. The van der Waals surface area contributed by atoms with Gasteiger partial charge in [0.25, 0.3) is 5.92 Å². The molecule has 0 unspecified atom stereocenters. The molecule has 0 saturated heterocycles. The topological polar surface area (TPSA) is 3.88 Å². The first-order valence-electron chi connectivity index (χ1n) is 10.3. The van der Waals surface area contributed by atoms with Crippen LogP contribution in [0.25, 0.3) is 22.0 Å². The average molecular weight is 452 g/mol. The number of halogens is 6. The van der Waals surface area contributed by atoms with Gasteiger partial charge in [0.2, 0.25) is 5.69 Å². The maximum atomic E-state index is 15.6. The van der Waals surface area contributed by atoms with Crippen LogP contribution in [-0.2, 0) is 18.9 Å². The Morgan fingerprint density at radius 1 is 0.781 bits per heavy atom. The molecule has 0 bridgehead atoms. The van der Waals surface area contributed by atoms with Crippen LogP contribution in [0, 0.1) is 26.2 Å². The zero-order valence-electron chi connectivity index (χ0n) is 18.7. The summed E-state index contributed by atoms with van der Waals surface area (Å²) in [5.74, 6) is -13.9. The van der Waals surface area contributed by atoms with Crippen LogP contribution in [0.2, 0.25) is 0 Å². The van der Waals surface area contributed by atoms with Crippen LogP contribution in [0.4, 0.5) is 26.3 Å². The maximum absolute atomic E-state index is 15.6. The molecule has 0 radical (unpaired) electrons. The smallest absolute Gasteiger partial charge is 0.200 e. The summed E-state index contributed by atoms with van der Waals surface area (Å²) in [5, 5.41) is 0.153. The molecule has 3 aromatic rings. The number of benzene rings is 2. The lowest BCUT2D eigenvalue weighted by molar-refractivity contribution is -0.659. The van der Waals surface area contributed by atoms with E-state index in [9.17, 15) is 17.6 Å². The van der Waals surface area contributed by atoms with Gasteiger partial charge < -0.3 is 0 Å². The summed E-state index contributed by atoms with van der Waals surface area (Å²) in [6.45, 7) is 6.73. The van der Waals surface area contributed by atoms with Gasteiger partial charge in [0.15, 0.2) is 6.20 Å². The van der Waals surface area contributed by atoms with Crippen molar-refractivity contribution in [1.82, 2.24) is 0 Å². The zero-order valence-corrected chi connectivity index (χ0v) is 18.7. The normalized spacial score (nSPS) is 20.2. The first-order valence-corrected chi connectivity index (χ1v) is 10.3. The number of aryl methyl sites for hydroxylation is 3. The molecular formula is C25H24F6N+. The highest BCUT2D eigenvalue weighted by atomic mass is 19.3. The van der Waals surface area contributed by atoms with Crippen molar-refractivity contribution in [3.8, 4) is 11.3 Å². The maximum Gasteiger partial charge on any atom is 0.336 e. The van der Waals surface area contributed by atoms with Gasteiger partial charge in [-0.15, -0.1) is 0 Å². The van der Waals surface area contributed by atoms with Crippen molar-refractivity contribution in [3.63, 3.8) is 0 Å². The molecule has 2 aromatic carbocycles. The molecule has 7 heteroatoms. The molecule has 1 nitrogen and oxygen atoms in total. The van der Waals surface area contributed by atoms with E-state index < -0.39 is 34.3 Å². The Hall–Kier alpha value is -2.57. The molecule has 1 heterocycles. The van der Waals surface area contributed by atoms with Crippen LogP contribution in [-0.4, -0.2) is 5.92 Å². The number of hydrogen-bond donors (Lipinski definition) is 0. The minimum Gasteiger partial charge on any atom is -0.200 e. The van der Waals surface area contributed by atoms with E-state index in [4.69, 9.17) is 0 Å². The van der Waals surface area contributed by atoms with Gasteiger partial charge >= 0.3 is 11.8 Å². The van der Waals surface area contributed by atoms with E-state index in [0.717, 1.165) is 28.3 Å². The van der Waals surface area contributed by atoms with Gasteiger partial charge in [-0.3, -0.25) is 0 Å². The number of pyridine rings is 1. The van der Waals surface area contributed by atoms with E-state index in [-0.39, 0.29) is 5.39 Å². The van der Waals surface area contributed by atoms with Crippen molar-refractivity contribution in [2.75, 3.05) is 0 Å². The molecule has 4 rings (SSSR count). The van der Waals surface area contributed by atoms with Gasteiger partial charge in [0.1, 0.15) is 12.5 Å². The standard InChI is InChI=1S/C25H24F6N/c1-13-11-14(2)15(3)18(12-13)21-17-7-8-19-20(16(17)9-10-32(21)6)24(28,29)22(4,5)25(30,31)23(19,26)27/h7-12H,1-6H3/q+1. The molecule has 170 valence electrons. The summed E-state index contributed by atoms with van der Waals surface area (Å²) in [6, 6.07) is 7.18. The SMILES string of the molecule is Cc1cc(C)c(C)c(-c2c3ccc4c(c3cc[n+]2C)C(F)(F)C(C)(C)C(F)(F)C4(F)F)c1. The van der Waals surface area contributed by atoms with E-state index in [1.54, 1.807) is 11.6 Å². The minimum atomic E-state index is -4.93. The lowest BCUT2D eigenvalue weighted by atomic mass is 9.65. The van der Waals surface area contributed by atoms with Crippen LogP contribution >= 0.6 is 0 Å². The number of fused-ring (bicyclic) bond motifs is 3. The van der Waals surface area contributed by atoms with Gasteiger partial charge in [0.05, 0.1) is 10.9 Å². The summed E-state index contributed by atoms with van der Waals surface area (Å²) in [7, 11) is 1.73. The van der Waals surface area contributed by atoms with Gasteiger partial charge in [0, 0.05) is 22.6 Å². The van der Waals surface area contributed by atoms with E-state index in [1.165, 1.54) is 18.3 Å². The zero-order chi connectivity index (χ0) is 24.0. The first-order chi connectivity index (χ1) is 14.6. The Bertz CT molecular complexity index is 1270. The molecule has 0 aliphatic heterocycles. The van der Waals surface area contributed by atoms with Crippen molar-refractivity contribution in [1.29, 1.82) is 0 Å². The predicted molar refractivity (Wildman–Crippen MR) is 111 cm³/mol. The Kier molecular flexibility index (Phi) is 4.58. The van der Waals surface area contributed by atoms with Crippen LogP contribution in [0.3, 0.4) is 0 Å². The third-order valence-electron chi connectivity index (χ3n) is 7.00. The second-order valence-corrected chi connectivity index (χ2v) is 9.33. The van der Waals surface area contributed by atoms with Crippen LogP contribution in [0.15, 0.2) is 36.5 Å². The number of hydrogen-bond acceptors (Lipinski definition) is 0.